The molecule has 0 unspecified atom stereocenters. The lowest BCUT2D eigenvalue weighted by atomic mass is 9.88. The fourth-order valence-electron chi connectivity index (χ4n) is 1.48. The van der Waals surface area contributed by atoms with Crippen LogP contribution in [0.4, 0.5) is 14.5 Å². The average molecular weight is 317 g/mol. The minimum atomic E-state index is -0.506. The van der Waals surface area contributed by atoms with Gasteiger partial charge in [-0.2, -0.15) is 5.26 Å². The fraction of sp³-hybridized carbons (Fsp3) is 0.462. The van der Waals surface area contributed by atoms with E-state index in [1.165, 1.54) is 0 Å². The first-order chi connectivity index (χ1) is 8.35. The summed E-state index contributed by atoms with van der Waals surface area (Å²) in [6.07, 6.45) is 1.16. The molecule has 1 aromatic carbocycles. The molecule has 2 nitrogen and oxygen atoms in total. The van der Waals surface area contributed by atoms with Gasteiger partial charge in [0.15, 0.2) is 0 Å². The zero-order chi connectivity index (χ0) is 13.8. The molecular formula is C13H15BrF2N2. The largest absolute Gasteiger partial charge is 0.382 e. The van der Waals surface area contributed by atoms with Crippen LogP contribution in [0.15, 0.2) is 16.6 Å². The molecule has 0 heterocycles. The van der Waals surface area contributed by atoms with Gasteiger partial charge in [-0.25, -0.2) is 8.78 Å². The van der Waals surface area contributed by atoms with E-state index in [0.717, 1.165) is 12.1 Å². The van der Waals surface area contributed by atoms with E-state index in [9.17, 15) is 8.78 Å². The monoisotopic (exact) mass is 316 g/mol. The van der Waals surface area contributed by atoms with Gasteiger partial charge in [-0.3, -0.25) is 0 Å². The van der Waals surface area contributed by atoms with Crippen molar-refractivity contribution >= 4 is 21.6 Å². The van der Waals surface area contributed by atoms with Crippen LogP contribution in [0.25, 0.3) is 0 Å². The number of rotatable bonds is 5. The number of nitrogens with zero attached hydrogens (tertiary/aromatic N) is 1. The van der Waals surface area contributed by atoms with Gasteiger partial charge in [-0.1, -0.05) is 13.8 Å². The van der Waals surface area contributed by atoms with Gasteiger partial charge in [0.25, 0.3) is 0 Å². The predicted octanol–water partition coefficient (Wildman–Crippen LogP) is 4.47. The van der Waals surface area contributed by atoms with Crippen LogP contribution in [0.3, 0.4) is 0 Å². The maximum Gasteiger partial charge on any atom is 0.147 e. The molecular weight excluding hydrogens is 302 g/mol. The van der Waals surface area contributed by atoms with Crippen LogP contribution >= 0.6 is 15.9 Å². The van der Waals surface area contributed by atoms with Crippen molar-refractivity contribution in [1.82, 2.24) is 0 Å². The maximum absolute atomic E-state index is 13.5. The van der Waals surface area contributed by atoms with Gasteiger partial charge in [0.05, 0.1) is 16.2 Å². The average Bonchev–Trinajstić information content (AvgIpc) is 2.30. The lowest BCUT2D eigenvalue weighted by Gasteiger charge is -2.24. The normalized spacial score (nSPS) is 11.1. The molecule has 1 aromatic rings. The lowest BCUT2D eigenvalue weighted by Crippen LogP contribution is -2.23. The summed E-state index contributed by atoms with van der Waals surface area (Å²) in [5.74, 6) is -1.01. The molecule has 0 atom stereocenters. The van der Waals surface area contributed by atoms with Crippen LogP contribution in [0.2, 0.25) is 0 Å². The Kier molecular flexibility index (Phi) is 5.09. The van der Waals surface area contributed by atoms with E-state index in [1.54, 1.807) is 0 Å². The molecule has 98 valence electrons. The summed E-state index contributed by atoms with van der Waals surface area (Å²) < 4.78 is 26.9. The van der Waals surface area contributed by atoms with Crippen molar-refractivity contribution in [2.75, 3.05) is 11.9 Å². The van der Waals surface area contributed by atoms with Crippen LogP contribution in [-0.2, 0) is 0 Å². The first-order valence-corrected chi connectivity index (χ1v) is 6.40. The van der Waals surface area contributed by atoms with E-state index in [1.807, 2.05) is 13.8 Å². The molecule has 0 amide bonds. The maximum atomic E-state index is 13.5. The summed E-state index contributed by atoms with van der Waals surface area (Å²) >= 11 is 2.93. The van der Waals surface area contributed by atoms with Crippen LogP contribution in [0.5, 0.6) is 0 Å². The van der Waals surface area contributed by atoms with E-state index in [-0.39, 0.29) is 15.6 Å². The van der Waals surface area contributed by atoms with E-state index in [4.69, 9.17) is 5.26 Å². The molecule has 0 spiro atoms. The summed E-state index contributed by atoms with van der Waals surface area (Å²) in [7, 11) is 0. The number of anilines is 1. The van der Waals surface area contributed by atoms with Gasteiger partial charge in [-0.15, -0.1) is 0 Å². The molecule has 0 radical (unpaired) electrons. The third-order valence-electron chi connectivity index (χ3n) is 2.68. The van der Waals surface area contributed by atoms with Crippen LogP contribution in [0.1, 0.15) is 26.7 Å². The molecule has 1 rings (SSSR count). The Labute approximate surface area is 114 Å². The number of halogens is 3. The van der Waals surface area contributed by atoms with Gasteiger partial charge in [0, 0.05) is 19.0 Å². The van der Waals surface area contributed by atoms with Gasteiger partial charge in [0.1, 0.15) is 11.6 Å². The van der Waals surface area contributed by atoms with Gasteiger partial charge >= 0.3 is 0 Å². The smallest absolute Gasteiger partial charge is 0.147 e. The topological polar surface area (TPSA) is 35.8 Å². The van der Waals surface area contributed by atoms with Crippen molar-refractivity contribution in [2.45, 2.75) is 26.7 Å². The molecule has 0 bridgehead atoms. The Hall–Kier alpha value is -1.15. The first-order valence-electron chi connectivity index (χ1n) is 5.61. The Morgan fingerprint density at radius 2 is 2.00 bits per heavy atom. The molecule has 5 heteroatoms. The van der Waals surface area contributed by atoms with E-state index in [0.29, 0.717) is 19.4 Å². The number of benzene rings is 1. The van der Waals surface area contributed by atoms with Crippen molar-refractivity contribution < 1.29 is 8.78 Å². The van der Waals surface area contributed by atoms with Gasteiger partial charge in [0.2, 0.25) is 0 Å². The quantitative estimate of drug-likeness (QED) is 0.813. The van der Waals surface area contributed by atoms with Gasteiger partial charge in [-0.05, 0) is 33.8 Å². The van der Waals surface area contributed by atoms with Crippen LogP contribution in [0, 0.1) is 28.4 Å². The second-order valence-electron chi connectivity index (χ2n) is 4.92. The molecule has 0 fully saturated rings. The molecule has 0 saturated carbocycles. The molecule has 18 heavy (non-hydrogen) atoms. The highest BCUT2D eigenvalue weighted by Gasteiger charge is 2.18. The van der Waals surface area contributed by atoms with Crippen molar-refractivity contribution in [3.05, 3.63) is 28.2 Å². The van der Waals surface area contributed by atoms with Crippen molar-refractivity contribution in [3.63, 3.8) is 0 Å². The molecule has 0 aliphatic heterocycles. The van der Waals surface area contributed by atoms with Crippen molar-refractivity contribution in [1.29, 1.82) is 5.26 Å². The lowest BCUT2D eigenvalue weighted by molar-refractivity contribution is 0.363. The Morgan fingerprint density at radius 1 is 1.33 bits per heavy atom. The molecule has 0 aliphatic rings. The summed E-state index contributed by atoms with van der Waals surface area (Å²) in [5, 5.41) is 11.4. The minimum Gasteiger partial charge on any atom is -0.382 e. The molecule has 0 saturated heterocycles. The SMILES string of the molecule is CC(C)(CCC#N)CNc1cc(F)c(Br)cc1F. The standard InChI is InChI=1S/C13H15BrF2N2/c1-13(2,4-3-5-17)8-18-12-7-10(15)9(14)6-11(12)16/h6-7,18H,3-4,8H2,1-2H3. The minimum absolute atomic E-state index is 0.106. The summed E-state index contributed by atoms with van der Waals surface area (Å²) in [5.41, 5.74) is -0.00754. The number of hydrogen-bond donors (Lipinski definition) is 1. The van der Waals surface area contributed by atoms with Crippen LogP contribution < -0.4 is 5.32 Å². The summed E-state index contributed by atoms with van der Waals surface area (Å²) in [4.78, 5) is 0. The fourth-order valence-corrected chi connectivity index (χ4v) is 1.79. The van der Waals surface area contributed by atoms with Crippen LogP contribution in [-0.4, -0.2) is 6.54 Å². The number of nitrogens with one attached hydrogen (secondary N) is 1. The molecule has 0 aliphatic carbocycles. The van der Waals surface area contributed by atoms with E-state index in [2.05, 4.69) is 27.3 Å². The number of hydrogen-bond acceptors (Lipinski definition) is 2. The Bertz CT molecular complexity index is 467. The van der Waals surface area contributed by atoms with Crippen molar-refractivity contribution in [3.8, 4) is 6.07 Å². The zero-order valence-electron chi connectivity index (χ0n) is 10.4. The van der Waals surface area contributed by atoms with E-state index < -0.39 is 11.6 Å². The highest BCUT2D eigenvalue weighted by atomic mass is 79.9. The highest BCUT2D eigenvalue weighted by Crippen LogP contribution is 2.26. The second-order valence-corrected chi connectivity index (χ2v) is 5.78. The predicted molar refractivity (Wildman–Crippen MR) is 71.2 cm³/mol. The first kappa shape index (κ1) is 14.9. The Balaban J connectivity index is 2.69. The van der Waals surface area contributed by atoms with Crippen molar-refractivity contribution in [2.24, 2.45) is 5.41 Å². The molecule has 1 N–H and O–H groups in total. The Morgan fingerprint density at radius 3 is 2.61 bits per heavy atom. The number of nitriles is 1. The third kappa shape index (κ3) is 4.26. The highest BCUT2D eigenvalue weighted by molar-refractivity contribution is 9.10. The summed E-state index contributed by atoms with van der Waals surface area (Å²) in [6, 6.07) is 4.30. The van der Waals surface area contributed by atoms with Gasteiger partial charge < -0.3 is 5.32 Å². The molecule has 0 aromatic heterocycles. The van der Waals surface area contributed by atoms with E-state index >= 15 is 0 Å². The second kappa shape index (κ2) is 6.14. The zero-order valence-corrected chi connectivity index (χ0v) is 11.9. The summed E-state index contributed by atoms with van der Waals surface area (Å²) in [6.45, 7) is 4.43. The third-order valence-corrected chi connectivity index (χ3v) is 3.29.